The molecule has 0 saturated carbocycles. The van der Waals surface area contributed by atoms with Gasteiger partial charge < -0.3 is 14.0 Å². The van der Waals surface area contributed by atoms with Crippen molar-refractivity contribution in [3.63, 3.8) is 0 Å². The molecule has 0 aliphatic carbocycles. The van der Waals surface area contributed by atoms with Crippen LogP contribution in [0.5, 0.6) is 5.75 Å². The third-order valence-corrected chi connectivity index (χ3v) is 7.98. The zero-order chi connectivity index (χ0) is 30.5. The van der Waals surface area contributed by atoms with E-state index >= 15 is 0 Å². The highest BCUT2D eigenvalue weighted by Gasteiger charge is 2.34. The van der Waals surface area contributed by atoms with Gasteiger partial charge in [-0.2, -0.15) is 13.2 Å². The second-order valence-corrected chi connectivity index (χ2v) is 11.3. The molecule has 1 aromatic heterocycles. The van der Waals surface area contributed by atoms with Crippen molar-refractivity contribution < 1.29 is 27.4 Å². The van der Waals surface area contributed by atoms with Crippen LogP contribution in [0.2, 0.25) is 5.02 Å². The smallest absolute Gasteiger partial charge is 0.417 e. The number of halogens is 4. The van der Waals surface area contributed by atoms with E-state index in [-0.39, 0.29) is 23.5 Å². The van der Waals surface area contributed by atoms with Gasteiger partial charge in [-0.3, -0.25) is 4.90 Å². The third kappa shape index (κ3) is 7.10. The average Bonchev–Trinajstić information content (AvgIpc) is 3.41. The molecule has 4 aromatic rings. The maximum absolute atomic E-state index is 13.5. The quantitative estimate of drug-likeness (QED) is 0.121. The fourth-order valence-electron chi connectivity index (χ4n) is 5.24. The molecule has 1 atom stereocenters. The molecule has 0 aliphatic rings. The number of fused-ring (bicyclic) bond motifs is 1. The largest absolute Gasteiger partial charge is 0.493 e. The van der Waals surface area contributed by atoms with Gasteiger partial charge >= 0.3 is 12.1 Å². The van der Waals surface area contributed by atoms with Crippen LogP contribution in [0, 0.1) is 0 Å². The van der Waals surface area contributed by atoms with E-state index in [9.17, 15) is 18.0 Å². The number of alkyl halides is 3. The number of hydrogen-bond donors (Lipinski definition) is 0. The van der Waals surface area contributed by atoms with Crippen molar-refractivity contribution in [2.45, 2.75) is 51.4 Å². The number of methoxy groups -OCH3 is 1. The summed E-state index contributed by atoms with van der Waals surface area (Å²) in [6.45, 7) is 7.61. The Hall–Kier alpha value is -3.49. The van der Waals surface area contributed by atoms with Crippen LogP contribution >= 0.6 is 11.6 Å². The zero-order valence-corrected chi connectivity index (χ0v) is 25.0. The summed E-state index contributed by atoms with van der Waals surface area (Å²) >= 11 is 6.25. The van der Waals surface area contributed by atoms with Gasteiger partial charge in [-0.1, -0.05) is 67.1 Å². The number of carbonyl (C=O) groups excluding carboxylic acids is 1. The number of benzene rings is 3. The molecule has 0 bridgehead atoms. The Morgan fingerprint density at radius 1 is 1.00 bits per heavy atom. The summed E-state index contributed by atoms with van der Waals surface area (Å²) in [7, 11) is 1.37. The van der Waals surface area contributed by atoms with Crippen molar-refractivity contribution in [3.05, 3.63) is 101 Å². The highest BCUT2D eigenvalue weighted by molar-refractivity contribution is 6.32. The number of rotatable bonds is 12. The van der Waals surface area contributed by atoms with Gasteiger partial charge in [0, 0.05) is 31.2 Å². The molecule has 0 N–H and O–H groups in total. The second-order valence-electron chi connectivity index (χ2n) is 11.0. The molecular formula is C33H36ClF3N2O3. The van der Waals surface area contributed by atoms with E-state index in [1.165, 1.54) is 13.2 Å². The van der Waals surface area contributed by atoms with Gasteiger partial charge in [0.2, 0.25) is 0 Å². The molecule has 1 heterocycles. The lowest BCUT2D eigenvalue weighted by atomic mass is 10.00. The Morgan fingerprint density at radius 3 is 2.40 bits per heavy atom. The fraction of sp³-hybridized carbons (Fsp3) is 0.364. The lowest BCUT2D eigenvalue weighted by Crippen LogP contribution is -2.36. The van der Waals surface area contributed by atoms with E-state index < -0.39 is 17.3 Å². The Kier molecular flexibility index (Phi) is 9.89. The number of nitrogens with zero attached hydrogens (tertiary/aromatic N) is 2. The maximum atomic E-state index is 13.5. The van der Waals surface area contributed by atoms with Gasteiger partial charge in [-0.25, -0.2) is 4.79 Å². The van der Waals surface area contributed by atoms with Crippen molar-refractivity contribution in [3.8, 4) is 5.75 Å². The predicted molar refractivity (Wildman–Crippen MR) is 160 cm³/mol. The van der Waals surface area contributed by atoms with Crippen LogP contribution < -0.4 is 4.74 Å². The molecule has 3 aromatic carbocycles. The summed E-state index contributed by atoms with van der Waals surface area (Å²) in [5.74, 6) is 0.498. The predicted octanol–water partition coefficient (Wildman–Crippen LogP) is 8.30. The van der Waals surface area contributed by atoms with E-state index in [2.05, 4.69) is 24.0 Å². The molecule has 5 nitrogen and oxygen atoms in total. The van der Waals surface area contributed by atoms with Crippen molar-refractivity contribution in [1.29, 1.82) is 0 Å². The molecule has 9 heteroatoms. The molecule has 0 amide bonds. The highest BCUT2D eigenvalue weighted by atomic mass is 35.5. The summed E-state index contributed by atoms with van der Waals surface area (Å²) in [6, 6.07) is 21.7. The van der Waals surface area contributed by atoms with E-state index in [1.807, 2.05) is 53.2 Å². The first kappa shape index (κ1) is 31.4. The lowest BCUT2D eigenvalue weighted by Gasteiger charge is -2.27. The molecule has 42 heavy (non-hydrogen) atoms. The first-order valence-electron chi connectivity index (χ1n) is 13.9. The van der Waals surface area contributed by atoms with Crippen LogP contribution in [-0.4, -0.2) is 42.2 Å². The standard InChI is InChI=1S/C33H36ClF3N2O3/c1-23(24-11-6-5-7-12-24)21-38(22-25-13-8-14-27(30(25)34)33(35,36)37)18-10-20-42-29-16-9-15-28-26(29)17-19-39(28)32(2,3)31(40)41-4/h5-9,11-17,19,23H,10,18,20-22H2,1-4H3/t23-/m0/s1. The van der Waals surface area contributed by atoms with Crippen molar-refractivity contribution >= 4 is 28.5 Å². The number of hydrogen-bond acceptors (Lipinski definition) is 4. The van der Waals surface area contributed by atoms with Crippen LogP contribution in [0.3, 0.4) is 0 Å². The summed E-state index contributed by atoms with van der Waals surface area (Å²) < 4.78 is 53.5. The van der Waals surface area contributed by atoms with Crippen LogP contribution in [0.1, 0.15) is 49.8 Å². The second kappa shape index (κ2) is 13.2. The monoisotopic (exact) mass is 600 g/mol. The first-order valence-corrected chi connectivity index (χ1v) is 14.2. The summed E-state index contributed by atoms with van der Waals surface area (Å²) in [5.41, 5.74) is 0.722. The molecular weight excluding hydrogens is 565 g/mol. The van der Waals surface area contributed by atoms with E-state index in [1.54, 1.807) is 19.9 Å². The van der Waals surface area contributed by atoms with Crippen LogP contribution in [-0.2, 0) is 27.8 Å². The highest BCUT2D eigenvalue weighted by Crippen LogP contribution is 2.37. The average molecular weight is 601 g/mol. The van der Waals surface area contributed by atoms with E-state index in [0.717, 1.165) is 22.5 Å². The SMILES string of the molecule is COC(=O)C(C)(C)n1ccc2c(OCCCN(Cc3cccc(C(F)(F)F)c3Cl)C[C@H](C)c3ccccc3)cccc21. The minimum Gasteiger partial charge on any atom is -0.493 e. The topological polar surface area (TPSA) is 43.7 Å². The van der Waals surface area contributed by atoms with Crippen LogP contribution in [0.15, 0.2) is 79.0 Å². The maximum Gasteiger partial charge on any atom is 0.417 e. The molecule has 0 aliphatic heterocycles. The summed E-state index contributed by atoms with van der Waals surface area (Å²) in [4.78, 5) is 14.5. The van der Waals surface area contributed by atoms with Crippen LogP contribution in [0.25, 0.3) is 10.9 Å². The molecule has 0 saturated heterocycles. The van der Waals surface area contributed by atoms with Crippen LogP contribution in [0.4, 0.5) is 13.2 Å². The van der Waals surface area contributed by atoms with Crippen molar-refractivity contribution in [2.75, 3.05) is 26.8 Å². The Balaban J connectivity index is 1.48. The summed E-state index contributed by atoms with van der Waals surface area (Å²) in [6.07, 6.45) is -2.03. The van der Waals surface area contributed by atoms with Gasteiger partial charge in [-0.05, 0) is 61.6 Å². The molecule has 224 valence electrons. The van der Waals surface area contributed by atoms with Gasteiger partial charge in [0.15, 0.2) is 0 Å². The zero-order valence-electron chi connectivity index (χ0n) is 24.2. The summed E-state index contributed by atoms with van der Waals surface area (Å²) in [5, 5.41) is 0.615. The Morgan fingerprint density at radius 2 is 1.71 bits per heavy atom. The first-order chi connectivity index (χ1) is 19.9. The van der Waals surface area contributed by atoms with Gasteiger partial charge in [-0.15, -0.1) is 0 Å². The fourth-order valence-corrected chi connectivity index (χ4v) is 5.53. The minimum atomic E-state index is -4.52. The van der Waals surface area contributed by atoms with Crippen molar-refractivity contribution in [2.24, 2.45) is 0 Å². The van der Waals surface area contributed by atoms with E-state index in [0.29, 0.717) is 37.4 Å². The minimum absolute atomic E-state index is 0.156. The van der Waals surface area contributed by atoms with Crippen molar-refractivity contribution in [1.82, 2.24) is 9.47 Å². The Labute approximate surface area is 249 Å². The van der Waals surface area contributed by atoms with Gasteiger partial charge in [0.1, 0.15) is 11.3 Å². The molecule has 0 spiro atoms. The third-order valence-electron chi connectivity index (χ3n) is 7.54. The number of esters is 1. The van der Waals surface area contributed by atoms with Gasteiger partial charge in [0.25, 0.3) is 0 Å². The van der Waals surface area contributed by atoms with Gasteiger partial charge in [0.05, 0.1) is 29.8 Å². The molecule has 4 rings (SSSR count). The molecule has 0 unspecified atom stereocenters. The normalized spacial score (nSPS) is 13.0. The number of ether oxygens (including phenoxy) is 2. The molecule has 0 radical (unpaired) electrons. The number of aromatic nitrogens is 1. The lowest BCUT2D eigenvalue weighted by molar-refractivity contribution is -0.149. The van der Waals surface area contributed by atoms with E-state index in [4.69, 9.17) is 21.1 Å². The number of carbonyl (C=O) groups is 1. The Bertz CT molecular complexity index is 1500. The molecule has 0 fully saturated rings.